The van der Waals surface area contributed by atoms with Crippen LogP contribution in [0.25, 0.3) is 0 Å². The first kappa shape index (κ1) is 9.95. The Morgan fingerprint density at radius 3 is 2.93 bits per heavy atom. The van der Waals surface area contributed by atoms with Crippen LogP contribution in [0.3, 0.4) is 0 Å². The van der Waals surface area contributed by atoms with Crippen molar-refractivity contribution in [1.29, 1.82) is 5.26 Å². The molecule has 2 aliphatic heterocycles. The summed E-state index contributed by atoms with van der Waals surface area (Å²) in [7, 11) is 0. The molecular formula is C11H18N2O. The maximum absolute atomic E-state index is 9.35. The van der Waals surface area contributed by atoms with E-state index in [1.54, 1.807) is 0 Å². The molecule has 2 aliphatic rings. The van der Waals surface area contributed by atoms with E-state index in [0.717, 1.165) is 52.0 Å². The minimum atomic E-state index is -0.140. The normalized spacial score (nSPS) is 38.9. The molecule has 3 heteroatoms. The summed E-state index contributed by atoms with van der Waals surface area (Å²) in [5.74, 6) is 0.453. The van der Waals surface area contributed by atoms with Crippen LogP contribution in [-0.4, -0.2) is 26.3 Å². The number of ether oxygens (including phenoxy) is 1. The van der Waals surface area contributed by atoms with Crippen molar-refractivity contribution in [2.75, 3.05) is 26.3 Å². The molecule has 1 N–H and O–H groups in total. The molecule has 0 saturated carbocycles. The Morgan fingerprint density at radius 2 is 2.36 bits per heavy atom. The van der Waals surface area contributed by atoms with Crippen molar-refractivity contribution < 1.29 is 4.74 Å². The Morgan fingerprint density at radius 1 is 1.43 bits per heavy atom. The molecule has 2 fully saturated rings. The SMILES string of the molecule is N#CC1(C2CCCOC2)CCCNC1. The molecule has 2 saturated heterocycles. The van der Waals surface area contributed by atoms with Crippen LogP contribution in [-0.2, 0) is 4.74 Å². The van der Waals surface area contributed by atoms with Crippen molar-refractivity contribution >= 4 is 0 Å². The molecule has 0 aliphatic carbocycles. The molecule has 3 nitrogen and oxygen atoms in total. The van der Waals surface area contributed by atoms with E-state index < -0.39 is 0 Å². The van der Waals surface area contributed by atoms with Crippen LogP contribution in [0.15, 0.2) is 0 Å². The number of piperidine rings is 1. The summed E-state index contributed by atoms with van der Waals surface area (Å²) in [5, 5.41) is 12.7. The van der Waals surface area contributed by atoms with Crippen LogP contribution in [0.4, 0.5) is 0 Å². The van der Waals surface area contributed by atoms with Gasteiger partial charge in [-0.05, 0) is 32.2 Å². The van der Waals surface area contributed by atoms with Gasteiger partial charge in [0.05, 0.1) is 18.1 Å². The van der Waals surface area contributed by atoms with Gasteiger partial charge in [-0.1, -0.05) is 0 Å². The van der Waals surface area contributed by atoms with E-state index in [1.165, 1.54) is 0 Å². The van der Waals surface area contributed by atoms with Gasteiger partial charge in [0.2, 0.25) is 0 Å². The van der Waals surface area contributed by atoms with E-state index in [1.807, 2.05) is 0 Å². The number of nitrogens with one attached hydrogen (secondary N) is 1. The van der Waals surface area contributed by atoms with E-state index in [-0.39, 0.29) is 5.41 Å². The topological polar surface area (TPSA) is 45.0 Å². The second kappa shape index (κ2) is 4.29. The van der Waals surface area contributed by atoms with Gasteiger partial charge in [-0.15, -0.1) is 0 Å². The summed E-state index contributed by atoms with van der Waals surface area (Å²) in [6.45, 7) is 3.59. The molecule has 0 aromatic heterocycles. The van der Waals surface area contributed by atoms with Gasteiger partial charge >= 0.3 is 0 Å². The molecule has 2 heterocycles. The number of rotatable bonds is 1. The summed E-state index contributed by atoms with van der Waals surface area (Å²) < 4.78 is 5.48. The lowest BCUT2D eigenvalue weighted by atomic mass is 9.69. The van der Waals surface area contributed by atoms with E-state index in [2.05, 4.69) is 11.4 Å². The van der Waals surface area contributed by atoms with Gasteiger partial charge in [0.1, 0.15) is 0 Å². The molecule has 2 unspecified atom stereocenters. The molecule has 2 atom stereocenters. The molecular weight excluding hydrogens is 176 g/mol. The van der Waals surface area contributed by atoms with Crippen LogP contribution in [0.1, 0.15) is 25.7 Å². The first-order chi connectivity index (χ1) is 6.87. The molecule has 0 aromatic rings. The minimum absolute atomic E-state index is 0.140. The van der Waals surface area contributed by atoms with Crippen LogP contribution < -0.4 is 5.32 Å². The van der Waals surface area contributed by atoms with Crippen LogP contribution in [0.2, 0.25) is 0 Å². The minimum Gasteiger partial charge on any atom is -0.381 e. The van der Waals surface area contributed by atoms with E-state index in [4.69, 9.17) is 4.74 Å². The van der Waals surface area contributed by atoms with Crippen molar-refractivity contribution in [3.63, 3.8) is 0 Å². The zero-order valence-electron chi connectivity index (χ0n) is 8.59. The maximum atomic E-state index is 9.35. The third kappa shape index (κ3) is 1.77. The molecule has 2 rings (SSSR count). The van der Waals surface area contributed by atoms with E-state index in [9.17, 15) is 5.26 Å². The predicted molar refractivity (Wildman–Crippen MR) is 53.7 cm³/mol. The second-order valence-corrected chi connectivity index (χ2v) is 4.46. The fraction of sp³-hybridized carbons (Fsp3) is 0.909. The van der Waals surface area contributed by atoms with Crippen molar-refractivity contribution in [2.24, 2.45) is 11.3 Å². The van der Waals surface area contributed by atoms with Gasteiger partial charge in [-0.3, -0.25) is 0 Å². The molecule has 14 heavy (non-hydrogen) atoms. The molecule has 0 amide bonds. The van der Waals surface area contributed by atoms with Crippen molar-refractivity contribution in [3.8, 4) is 6.07 Å². The number of hydrogen-bond donors (Lipinski definition) is 1. The second-order valence-electron chi connectivity index (χ2n) is 4.46. The smallest absolute Gasteiger partial charge is 0.0748 e. The van der Waals surface area contributed by atoms with Gasteiger partial charge in [0.15, 0.2) is 0 Å². The highest BCUT2D eigenvalue weighted by molar-refractivity contribution is 5.06. The van der Waals surface area contributed by atoms with Crippen LogP contribution in [0, 0.1) is 22.7 Å². The summed E-state index contributed by atoms with van der Waals surface area (Å²) >= 11 is 0. The Labute approximate surface area is 85.4 Å². The molecule has 78 valence electrons. The highest BCUT2D eigenvalue weighted by Gasteiger charge is 2.40. The highest BCUT2D eigenvalue weighted by Crippen LogP contribution is 2.38. The summed E-state index contributed by atoms with van der Waals surface area (Å²) in [4.78, 5) is 0. The third-order valence-corrected chi connectivity index (χ3v) is 3.58. The van der Waals surface area contributed by atoms with Gasteiger partial charge in [-0.25, -0.2) is 0 Å². The van der Waals surface area contributed by atoms with Crippen LogP contribution >= 0.6 is 0 Å². The quantitative estimate of drug-likeness (QED) is 0.684. The number of hydrogen-bond acceptors (Lipinski definition) is 3. The first-order valence-electron chi connectivity index (χ1n) is 5.57. The molecule has 0 radical (unpaired) electrons. The summed E-state index contributed by atoms with van der Waals surface area (Å²) in [6, 6.07) is 2.54. The Kier molecular flexibility index (Phi) is 3.05. The maximum Gasteiger partial charge on any atom is 0.0748 e. The number of nitrogens with zero attached hydrogens (tertiary/aromatic N) is 1. The Balaban J connectivity index is 2.06. The third-order valence-electron chi connectivity index (χ3n) is 3.58. The lowest BCUT2D eigenvalue weighted by Gasteiger charge is -2.40. The molecule has 0 aromatic carbocycles. The van der Waals surface area contributed by atoms with E-state index >= 15 is 0 Å². The van der Waals surface area contributed by atoms with Gasteiger partial charge in [0.25, 0.3) is 0 Å². The van der Waals surface area contributed by atoms with Crippen molar-refractivity contribution in [2.45, 2.75) is 25.7 Å². The largest absolute Gasteiger partial charge is 0.381 e. The van der Waals surface area contributed by atoms with Gasteiger partial charge < -0.3 is 10.1 Å². The fourth-order valence-electron chi connectivity index (χ4n) is 2.64. The Hall–Kier alpha value is -0.590. The van der Waals surface area contributed by atoms with Crippen molar-refractivity contribution in [3.05, 3.63) is 0 Å². The van der Waals surface area contributed by atoms with Crippen LogP contribution in [0.5, 0.6) is 0 Å². The first-order valence-corrected chi connectivity index (χ1v) is 5.57. The molecule has 0 bridgehead atoms. The lowest BCUT2D eigenvalue weighted by Crippen LogP contribution is -2.46. The lowest BCUT2D eigenvalue weighted by molar-refractivity contribution is 0.00287. The van der Waals surface area contributed by atoms with Gasteiger partial charge in [-0.2, -0.15) is 5.26 Å². The average Bonchev–Trinajstić information content (AvgIpc) is 2.31. The van der Waals surface area contributed by atoms with Gasteiger partial charge in [0, 0.05) is 19.1 Å². The summed E-state index contributed by atoms with van der Waals surface area (Å²) in [6.07, 6.45) is 4.46. The standard InChI is InChI=1S/C11H18N2O/c12-8-11(4-2-5-13-9-11)10-3-1-6-14-7-10/h10,13H,1-7,9H2. The summed E-state index contributed by atoms with van der Waals surface area (Å²) in [5.41, 5.74) is -0.140. The zero-order chi connectivity index (χ0) is 9.86. The average molecular weight is 194 g/mol. The monoisotopic (exact) mass is 194 g/mol. The number of nitriles is 1. The zero-order valence-corrected chi connectivity index (χ0v) is 8.59. The van der Waals surface area contributed by atoms with E-state index in [0.29, 0.717) is 5.92 Å². The fourth-order valence-corrected chi connectivity index (χ4v) is 2.64. The highest BCUT2D eigenvalue weighted by atomic mass is 16.5. The van der Waals surface area contributed by atoms with Crippen molar-refractivity contribution in [1.82, 2.24) is 5.32 Å². The molecule has 0 spiro atoms. The predicted octanol–water partition coefficient (Wildman–Crippen LogP) is 1.31. The Bertz CT molecular complexity index is 222.